The van der Waals surface area contributed by atoms with Crippen LogP contribution in [0.4, 0.5) is 0 Å². The summed E-state index contributed by atoms with van der Waals surface area (Å²) in [6.07, 6.45) is 2.02. The standard InChI is InChI=1S/C15H23NO/c1-6-7-16-10-13(4)17-15-9-11(2)8-12(3)14(15)5/h6,8-9,13,16H,1,7,10H2,2-5H3. The molecule has 2 heteroatoms. The van der Waals surface area contributed by atoms with E-state index in [0.717, 1.165) is 18.8 Å². The van der Waals surface area contributed by atoms with E-state index < -0.39 is 0 Å². The van der Waals surface area contributed by atoms with Gasteiger partial charge in [0.1, 0.15) is 11.9 Å². The minimum Gasteiger partial charge on any atom is -0.489 e. The van der Waals surface area contributed by atoms with Gasteiger partial charge in [0.25, 0.3) is 0 Å². The van der Waals surface area contributed by atoms with Gasteiger partial charge in [0, 0.05) is 13.1 Å². The molecule has 1 unspecified atom stereocenters. The van der Waals surface area contributed by atoms with E-state index in [4.69, 9.17) is 4.74 Å². The zero-order chi connectivity index (χ0) is 12.8. The van der Waals surface area contributed by atoms with Crippen molar-refractivity contribution in [3.63, 3.8) is 0 Å². The molecule has 0 fully saturated rings. The van der Waals surface area contributed by atoms with Crippen molar-refractivity contribution in [3.05, 3.63) is 41.5 Å². The van der Waals surface area contributed by atoms with E-state index >= 15 is 0 Å². The molecule has 0 spiro atoms. The Bertz CT molecular complexity index is 385. The van der Waals surface area contributed by atoms with Crippen molar-refractivity contribution in [1.82, 2.24) is 5.32 Å². The predicted molar refractivity (Wildman–Crippen MR) is 73.8 cm³/mol. The summed E-state index contributed by atoms with van der Waals surface area (Å²) in [6.45, 7) is 13.7. The van der Waals surface area contributed by atoms with Crippen molar-refractivity contribution in [2.75, 3.05) is 13.1 Å². The number of rotatable bonds is 6. The van der Waals surface area contributed by atoms with Crippen molar-refractivity contribution in [1.29, 1.82) is 0 Å². The molecule has 94 valence electrons. The van der Waals surface area contributed by atoms with Crippen LogP contribution in [0.5, 0.6) is 5.75 Å². The molecule has 0 radical (unpaired) electrons. The van der Waals surface area contributed by atoms with Gasteiger partial charge in [-0.25, -0.2) is 0 Å². The van der Waals surface area contributed by atoms with Gasteiger partial charge in [0.2, 0.25) is 0 Å². The molecular weight excluding hydrogens is 210 g/mol. The van der Waals surface area contributed by atoms with E-state index in [1.54, 1.807) is 0 Å². The normalized spacial score (nSPS) is 12.2. The molecule has 0 aliphatic heterocycles. The molecule has 17 heavy (non-hydrogen) atoms. The number of hydrogen-bond acceptors (Lipinski definition) is 2. The van der Waals surface area contributed by atoms with Crippen LogP contribution in [0.1, 0.15) is 23.6 Å². The lowest BCUT2D eigenvalue weighted by atomic mass is 10.1. The Hall–Kier alpha value is -1.28. The second-order valence-corrected chi connectivity index (χ2v) is 4.58. The molecule has 0 amide bonds. The molecule has 1 rings (SSSR count). The van der Waals surface area contributed by atoms with Crippen LogP contribution >= 0.6 is 0 Å². The van der Waals surface area contributed by atoms with Crippen LogP contribution in [0.3, 0.4) is 0 Å². The first-order valence-electron chi connectivity index (χ1n) is 6.10. The first kappa shape index (κ1) is 13.8. The topological polar surface area (TPSA) is 21.3 Å². The largest absolute Gasteiger partial charge is 0.489 e. The van der Waals surface area contributed by atoms with Crippen LogP contribution in [0.2, 0.25) is 0 Å². The highest BCUT2D eigenvalue weighted by atomic mass is 16.5. The molecule has 1 aromatic carbocycles. The summed E-state index contributed by atoms with van der Waals surface area (Å²) in [5.41, 5.74) is 3.76. The Morgan fingerprint density at radius 2 is 2.06 bits per heavy atom. The Balaban J connectivity index is 2.64. The molecule has 1 N–H and O–H groups in total. The van der Waals surface area contributed by atoms with Gasteiger partial charge in [-0.2, -0.15) is 0 Å². The molecule has 1 atom stereocenters. The summed E-state index contributed by atoms with van der Waals surface area (Å²) in [5, 5.41) is 3.26. The van der Waals surface area contributed by atoms with Gasteiger partial charge < -0.3 is 10.1 Å². The van der Waals surface area contributed by atoms with Crippen LogP contribution in [0.25, 0.3) is 0 Å². The smallest absolute Gasteiger partial charge is 0.123 e. The molecular formula is C15H23NO. The average molecular weight is 233 g/mol. The fourth-order valence-electron chi connectivity index (χ4n) is 1.77. The van der Waals surface area contributed by atoms with E-state index in [1.165, 1.54) is 16.7 Å². The maximum absolute atomic E-state index is 5.96. The third-order valence-corrected chi connectivity index (χ3v) is 2.81. The summed E-state index contributed by atoms with van der Waals surface area (Å²) in [7, 11) is 0. The van der Waals surface area contributed by atoms with Crippen molar-refractivity contribution >= 4 is 0 Å². The molecule has 1 aromatic rings. The molecule has 0 aliphatic carbocycles. The van der Waals surface area contributed by atoms with E-state index in [9.17, 15) is 0 Å². The zero-order valence-corrected chi connectivity index (χ0v) is 11.3. The number of aryl methyl sites for hydroxylation is 2. The highest BCUT2D eigenvalue weighted by Gasteiger charge is 2.08. The third kappa shape index (κ3) is 4.23. The van der Waals surface area contributed by atoms with Crippen molar-refractivity contribution in [2.24, 2.45) is 0 Å². The van der Waals surface area contributed by atoms with Gasteiger partial charge in [-0.05, 0) is 50.5 Å². The van der Waals surface area contributed by atoms with Crippen molar-refractivity contribution in [3.8, 4) is 5.75 Å². The van der Waals surface area contributed by atoms with Crippen LogP contribution in [-0.2, 0) is 0 Å². The van der Waals surface area contributed by atoms with E-state index in [2.05, 4.69) is 51.7 Å². The quantitative estimate of drug-likeness (QED) is 0.602. The molecule has 0 heterocycles. The maximum atomic E-state index is 5.96. The first-order chi connectivity index (χ1) is 8.04. The average Bonchev–Trinajstić information content (AvgIpc) is 2.25. The predicted octanol–water partition coefficient (Wildman–Crippen LogP) is 3.15. The summed E-state index contributed by atoms with van der Waals surface area (Å²) >= 11 is 0. The number of ether oxygens (including phenoxy) is 1. The lowest BCUT2D eigenvalue weighted by Gasteiger charge is -2.18. The van der Waals surface area contributed by atoms with Gasteiger partial charge in [-0.3, -0.25) is 0 Å². The Morgan fingerprint density at radius 3 is 2.71 bits per heavy atom. The molecule has 0 saturated carbocycles. The maximum Gasteiger partial charge on any atom is 0.123 e. The highest BCUT2D eigenvalue weighted by Crippen LogP contribution is 2.24. The van der Waals surface area contributed by atoms with E-state index in [-0.39, 0.29) is 6.10 Å². The van der Waals surface area contributed by atoms with E-state index in [1.807, 2.05) is 6.08 Å². The fraction of sp³-hybridized carbons (Fsp3) is 0.467. The second-order valence-electron chi connectivity index (χ2n) is 4.58. The SMILES string of the molecule is C=CCNCC(C)Oc1cc(C)cc(C)c1C. The minimum absolute atomic E-state index is 0.162. The molecule has 0 saturated heterocycles. The molecule has 0 bridgehead atoms. The lowest BCUT2D eigenvalue weighted by molar-refractivity contribution is 0.217. The van der Waals surface area contributed by atoms with Gasteiger partial charge >= 0.3 is 0 Å². The van der Waals surface area contributed by atoms with Gasteiger partial charge in [-0.1, -0.05) is 12.1 Å². The Morgan fingerprint density at radius 1 is 1.35 bits per heavy atom. The van der Waals surface area contributed by atoms with Gasteiger partial charge in [-0.15, -0.1) is 6.58 Å². The number of nitrogens with one attached hydrogen (secondary N) is 1. The first-order valence-corrected chi connectivity index (χ1v) is 6.10. The molecule has 2 nitrogen and oxygen atoms in total. The van der Waals surface area contributed by atoms with Gasteiger partial charge in [0.15, 0.2) is 0 Å². The monoisotopic (exact) mass is 233 g/mol. The zero-order valence-electron chi connectivity index (χ0n) is 11.3. The summed E-state index contributed by atoms with van der Waals surface area (Å²) in [5.74, 6) is 0.996. The third-order valence-electron chi connectivity index (χ3n) is 2.81. The second kappa shape index (κ2) is 6.45. The van der Waals surface area contributed by atoms with E-state index in [0.29, 0.717) is 0 Å². The summed E-state index contributed by atoms with van der Waals surface area (Å²) in [6, 6.07) is 4.29. The lowest BCUT2D eigenvalue weighted by Crippen LogP contribution is -2.29. The van der Waals surface area contributed by atoms with Crippen LogP contribution in [-0.4, -0.2) is 19.2 Å². The highest BCUT2D eigenvalue weighted by molar-refractivity contribution is 5.42. The van der Waals surface area contributed by atoms with Crippen molar-refractivity contribution in [2.45, 2.75) is 33.8 Å². The van der Waals surface area contributed by atoms with Crippen LogP contribution in [0, 0.1) is 20.8 Å². The summed E-state index contributed by atoms with van der Waals surface area (Å²) < 4.78 is 5.96. The number of benzene rings is 1. The molecule has 0 aliphatic rings. The van der Waals surface area contributed by atoms with Crippen LogP contribution < -0.4 is 10.1 Å². The molecule has 0 aromatic heterocycles. The van der Waals surface area contributed by atoms with Crippen molar-refractivity contribution < 1.29 is 4.74 Å². The minimum atomic E-state index is 0.162. The Kier molecular flexibility index (Phi) is 5.23. The van der Waals surface area contributed by atoms with Gasteiger partial charge in [0.05, 0.1) is 0 Å². The fourth-order valence-corrected chi connectivity index (χ4v) is 1.77. The summed E-state index contributed by atoms with van der Waals surface area (Å²) in [4.78, 5) is 0. The Labute approximate surface area is 105 Å². The number of hydrogen-bond donors (Lipinski definition) is 1. The van der Waals surface area contributed by atoms with Crippen LogP contribution in [0.15, 0.2) is 24.8 Å².